The molecular formula is C20H22N4S. The Hall–Kier alpha value is -2.66. The van der Waals surface area contributed by atoms with Gasteiger partial charge in [0.05, 0.1) is 6.54 Å². The highest BCUT2D eigenvalue weighted by atomic mass is 32.1. The van der Waals surface area contributed by atoms with Gasteiger partial charge in [0.2, 0.25) is 0 Å². The van der Waals surface area contributed by atoms with Crippen LogP contribution in [0.5, 0.6) is 0 Å². The van der Waals surface area contributed by atoms with Crippen molar-refractivity contribution in [1.29, 1.82) is 0 Å². The molecule has 2 N–H and O–H groups in total. The number of nitrogens with one attached hydrogen (secondary N) is 2. The Morgan fingerprint density at radius 3 is 2.52 bits per heavy atom. The summed E-state index contributed by atoms with van der Waals surface area (Å²) in [5.41, 5.74) is 5.99. The van der Waals surface area contributed by atoms with Gasteiger partial charge in [-0.15, -0.1) is 0 Å². The Bertz CT molecular complexity index is 898. The number of hydrogen-bond donors (Lipinski definition) is 2. The van der Waals surface area contributed by atoms with Crippen LogP contribution in [0.2, 0.25) is 0 Å². The first-order valence-electron chi connectivity index (χ1n) is 8.24. The minimum absolute atomic E-state index is 0.532. The molecule has 2 aromatic carbocycles. The maximum absolute atomic E-state index is 5.38. The van der Waals surface area contributed by atoms with E-state index in [0.717, 1.165) is 18.1 Å². The molecule has 3 rings (SSSR count). The number of aryl methyl sites for hydroxylation is 3. The van der Waals surface area contributed by atoms with Crippen LogP contribution in [0.1, 0.15) is 22.3 Å². The highest BCUT2D eigenvalue weighted by Gasteiger charge is 2.05. The monoisotopic (exact) mass is 350 g/mol. The molecule has 25 heavy (non-hydrogen) atoms. The van der Waals surface area contributed by atoms with Gasteiger partial charge in [-0.3, -0.25) is 4.68 Å². The molecule has 5 heteroatoms. The quantitative estimate of drug-likeness (QED) is 0.671. The Balaban J connectivity index is 1.61. The van der Waals surface area contributed by atoms with Gasteiger partial charge in [-0.25, -0.2) is 0 Å². The summed E-state index contributed by atoms with van der Waals surface area (Å²) in [6.45, 7) is 7.04. The van der Waals surface area contributed by atoms with Crippen molar-refractivity contribution in [2.75, 3.05) is 10.6 Å². The molecule has 1 heterocycles. The van der Waals surface area contributed by atoms with Gasteiger partial charge < -0.3 is 10.6 Å². The fraction of sp³-hybridized carbons (Fsp3) is 0.200. The average Bonchev–Trinajstić information content (AvgIpc) is 3.00. The van der Waals surface area contributed by atoms with Gasteiger partial charge in [0, 0.05) is 18.0 Å². The molecule has 0 aliphatic heterocycles. The molecule has 4 nitrogen and oxygen atoms in total. The fourth-order valence-electron chi connectivity index (χ4n) is 2.58. The summed E-state index contributed by atoms with van der Waals surface area (Å²) in [7, 11) is 0. The molecule has 0 aliphatic rings. The van der Waals surface area contributed by atoms with Gasteiger partial charge >= 0.3 is 0 Å². The van der Waals surface area contributed by atoms with Gasteiger partial charge in [0.25, 0.3) is 0 Å². The number of nitrogens with zero attached hydrogens (tertiary/aromatic N) is 2. The predicted octanol–water partition coefficient (Wildman–Crippen LogP) is 4.67. The van der Waals surface area contributed by atoms with E-state index in [4.69, 9.17) is 12.2 Å². The van der Waals surface area contributed by atoms with E-state index in [1.165, 1.54) is 22.3 Å². The first kappa shape index (κ1) is 17.2. The summed E-state index contributed by atoms with van der Waals surface area (Å²) in [5.74, 6) is 0.731. The van der Waals surface area contributed by atoms with Crippen LogP contribution in [0.3, 0.4) is 0 Å². The minimum Gasteiger partial charge on any atom is -0.332 e. The zero-order valence-corrected chi connectivity index (χ0v) is 15.5. The molecule has 128 valence electrons. The molecule has 0 saturated heterocycles. The van der Waals surface area contributed by atoms with Crippen molar-refractivity contribution < 1.29 is 0 Å². The third kappa shape index (κ3) is 4.45. The summed E-state index contributed by atoms with van der Waals surface area (Å²) in [4.78, 5) is 0. The summed E-state index contributed by atoms with van der Waals surface area (Å²) < 4.78 is 1.91. The zero-order chi connectivity index (χ0) is 17.8. The van der Waals surface area contributed by atoms with E-state index in [2.05, 4.69) is 60.8 Å². The molecule has 0 radical (unpaired) electrons. The largest absolute Gasteiger partial charge is 0.332 e. The van der Waals surface area contributed by atoms with Crippen LogP contribution in [-0.4, -0.2) is 14.9 Å². The van der Waals surface area contributed by atoms with Crippen LogP contribution in [0, 0.1) is 20.8 Å². The SMILES string of the molecule is Cc1ccc(NC(=S)Nc2ccn(Cc3ccccc3C)n2)cc1C. The number of aromatic nitrogens is 2. The van der Waals surface area contributed by atoms with Crippen molar-refractivity contribution in [3.8, 4) is 0 Å². The first-order valence-corrected chi connectivity index (χ1v) is 8.65. The van der Waals surface area contributed by atoms with Crippen LogP contribution < -0.4 is 10.6 Å². The van der Waals surface area contributed by atoms with Gasteiger partial charge in [-0.05, 0) is 67.4 Å². The van der Waals surface area contributed by atoms with Gasteiger partial charge in [-0.2, -0.15) is 5.10 Å². The lowest BCUT2D eigenvalue weighted by molar-refractivity contribution is 0.687. The van der Waals surface area contributed by atoms with E-state index < -0.39 is 0 Å². The number of rotatable bonds is 4. The Morgan fingerprint density at radius 1 is 0.960 bits per heavy atom. The van der Waals surface area contributed by atoms with Crippen LogP contribution in [0.25, 0.3) is 0 Å². The molecule has 0 bridgehead atoms. The first-order chi connectivity index (χ1) is 12.0. The summed E-state index contributed by atoms with van der Waals surface area (Å²) >= 11 is 5.38. The third-order valence-electron chi connectivity index (χ3n) is 4.24. The van der Waals surface area contributed by atoms with Crippen LogP contribution in [0.4, 0.5) is 11.5 Å². The molecule has 0 unspecified atom stereocenters. The lowest BCUT2D eigenvalue weighted by Gasteiger charge is -2.10. The van der Waals surface area contributed by atoms with E-state index in [0.29, 0.717) is 5.11 Å². The van der Waals surface area contributed by atoms with E-state index in [1.807, 2.05) is 35.1 Å². The predicted molar refractivity (Wildman–Crippen MR) is 108 cm³/mol. The molecule has 0 fully saturated rings. The third-order valence-corrected chi connectivity index (χ3v) is 4.44. The van der Waals surface area contributed by atoms with Crippen LogP contribution in [0.15, 0.2) is 54.7 Å². The second kappa shape index (κ2) is 7.49. The van der Waals surface area contributed by atoms with Gasteiger partial charge in [-0.1, -0.05) is 30.3 Å². The second-order valence-corrected chi connectivity index (χ2v) is 6.61. The van der Waals surface area contributed by atoms with Crippen molar-refractivity contribution in [1.82, 2.24) is 9.78 Å². The fourth-order valence-corrected chi connectivity index (χ4v) is 2.80. The number of benzene rings is 2. The Kier molecular flexibility index (Phi) is 5.14. The Morgan fingerprint density at radius 2 is 1.76 bits per heavy atom. The molecule has 0 aliphatic carbocycles. The Labute approximate surface area is 153 Å². The second-order valence-electron chi connectivity index (χ2n) is 6.20. The standard InChI is InChI=1S/C20H22N4S/c1-14-8-9-18(12-16(14)3)21-20(25)22-19-10-11-24(23-19)13-17-7-5-4-6-15(17)2/h4-12H,13H2,1-3H3,(H2,21,22,23,25). The maximum Gasteiger partial charge on any atom is 0.176 e. The summed E-state index contributed by atoms with van der Waals surface area (Å²) in [6.07, 6.45) is 1.95. The van der Waals surface area contributed by atoms with Gasteiger partial charge in [0.1, 0.15) is 0 Å². The van der Waals surface area contributed by atoms with Gasteiger partial charge in [0.15, 0.2) is 10.9 Å². The van der Waals surface area contributed by atoms with Crippen molar-refractivity contribution in [3.63, 3.8) is 0 Å². The van der Waals surface area contributed by atoms with Crippen LogP contribution >= 0.6 is 12.2 Å². The number of hydrogen-bond acceptors (Lipinski definition) is 2. The zero-order valence-electron chi connectivity index (χ0n) is 14.7. The summed E-state index contributed by atoms with van der Waals surface area (Å²) in [6, 6.07) is 16.4. The van der Waals surface area contributed by atoms with E-state index in [9.17, 15) is 0 Å². The van der Waals surface area contributed by atoms with E-state index in [1.54, 1.807) is 0 Å². The molecule has 0 amide bonds. The molecular weight excluding hydrogens is 328 g/mol. The minimum atomic E-state index is 0.532. The lowest BCUT2D eigenvalue weighted by atomic mass is 10.1. The molecule has 1 aromatic heterocycles. The number of thiocarbonyl (C=S) groups is 1. The van der Waals surface area contributed by atoms with Crippen molar-refractivity contribution in [2.45, 2.75) is 27.3 Å². The molecule has 3 aromatic rings. The average molecular weight is 350 g/mol. The van der Waals surface area contributed by atoms with Crippen molar-refractivity contribution >= 4 is 28.8 Å². The molecule has 0 saturated carbocycles. The van der Waals surface area contributed by atoms with E-state index in [-0.39, 0.29) is 0 Å². The number of anilines is 2. The maximum atomic E-state index is 5.38. The lowest BCUT2D eigenvalue weighted by Crippen LogP contribution is -2.19. The highest BCUT2D eigenvalue weighted by molar-refractivity contribution is 7.80. The van der Waals surface area contributed by atoms with Crippen molar-refractivity contribution in [3.05, 3.63) is 77.0 Å². The van der Waals surface area contributed by atoms with Crippen LogP contribution in [-0.2, 0) is 6.54 Å². The normalized spacial score (nSPS) is 10.5. The van der Waals surface area contributed by atoms with E-state index >= 15 is 0 Å². The summed E-state index contributed by atoms with van der Waals surface area (Å²) in [5, 5.41) is 11.4. The topological polar surface area (TPSA) is 41.9 Å². The molecule has 0 spiro atoms. The smallest absolute Gasteiger partial charge is 0.176 e. The molecule has 0 atom stereocenters. The van der Waals surface area contributed by atoms with Crippen molar-refractivity contribution in [2.24, 2.45) is 0 Å². The highest BCUT2D eigenvalue weighted by Crippen LogP contribution is 2.15.